The maximum atomic E-state index is 12.1. The largest absolute Gasteiger partial charge is 0.355 e. The molecule has 1 aromatic rings. The highest BCUT2D eigenvalue weighted by atomic mass is 16.1. The highest BCUT2D eigenvalue weighted by Gasteiger charge is 2.25. The standard InChI is InChI=1S/C19H28N2O2/c1-2-3-7-18(22)16-10-8-15(9-11-16)14-21-19(23)13-17-6-4-5-12-20-17/h4-6,12,15-16H,2-3,7-11,13-14H2,1H3,(H,21,23). The lowest BCUT2D eigenvalue weighted by Crippen LogP contribution is -2.33. The smallest absolute Gasteiger partial charge is 0.226 e. The Labute approximate surface area is 139 Å². The topological polar surface area (TPSA) is 59.1 Å². The van der Waals surface area contributed by atoms with Gasteiger partial charge in [0.15, 0.2) is 0 Å². The fraction of sp³-hybridized carbons (Fsp3) is 0.632. The second kappa shape index (κ2) is 9.43. The van der Waals surface area contributed by atoms with Gasteiger partial charge in [0.25, 0.3) is 0 Å². The molecule has 1 fully saturated rings. The van der Waals surface area contributed by atoms with Crippen LogP contribution in [0.4, 0.5) is 0 Å². The predicted molar refractivity (Wildman–Crippen MR) is 90.9 cm³/mol. The average molecular weight is 316 g/mol. The third-order valence-corrected chi connectivity index (χ3v) is 4.73. The van der Waals surface area contributed by atoms with Gasteiger partial charge in [-0.25, -0.2) is 0 Å². The predicted octanol–water partition coefficient (Wildman–Crippen LogP) is 3.31. The van der Waals surface area contributed by atoms with Gasteiger partial charge in [0.2, 0.25) is 5.91 Å². The molecular weight excluding hydrogens is 288 g/mol. The number of carbonyl (C=O) groups is 2. The molecule has 1 aliphatic carbocycles. The molecule has 4 nitrogen and oxygen atoms in total. The highest BCUT2D eigenvalue weighted by molar-refractivity contribution is 5.81. The Morgan fingerprint density at radius 1 is 1.22 bits per heavy atom. The molecule has 126 valence electrons. The first-order valence-electron chi connectivity index (χ1n) is 8.88. The fourth-order valence-electron chi connectivity index (χ4n) is 3.23. The van der Waals surface area contributed by atoms with Crippen molar-refractivity contribution in [3.63, 3.8) is 0 Å². The normalized spacial score (nSPS) is 20.9. The van der Waals surface area contributed by atoms with Crippen LogP contribution in [0.5, 0.6) is 0 Å². The minimum atomic E-state index is 0.0323. The van der Waals surface area contributed by atoms with E-state index in [0.29, 0.717) is 18.1 Å². The monoisotopic (exact) mass is 316 g/mol. The van der Waals surface area contributed by atoms with Crippen molar-refractivity contribution in [2.75, 3.05) is 6.54 Å². The zero-order valence-corrected chi connectivity index (χ0v) is 14.1. The molecule has 0 saturated heterocycles. The number of nitrogens with one attached hydrogen (secondary N) is 1. The number of carbonyl (C=O) groups excluding carboxylic acids is 2. The quantitative estimate of drug-likeness (QED) is 0.800. The van der Waals surface area contributed by atoms with Crippen LogP contribution in [0.3, 0.4) is 0 Å². The second-order valence-corrected chi connectivity index (χ2v) is 6.59. The van der Waals surface area contributed by atoms with E-state index in [2.05, 4.69) is 17.2 Å². The van der Waals surface area contributed by atoms with Gasteiger partial charge in [-0.2, -0.15) is 0 Å². The Morgan fingerprint density at radius 2 is 2.00 bits per heavy atom. The third kappa shape index (κ3) is 6.12. The van der Waals surface area contributed by atoms with Crippen molar-refractivity contribution in [2.24, 2.45) is 11.8 Å². The van der Waals surface area contributed by atoms with Gasteiger partial charge in [0.05, 0.1) is 6.42 Å². The molecule has 0 radical (unpaired) electrons. The number of amides is 1. The number of pyridine rings is 1. The number of hydrogen-bond donors (Lipinski definition) is 1. The van der Waals surface area contributed by atoms with E-state index in [0.717, 1.165) is 57.2 Å². The Balaban J connectivity index is 1.64. The molecule has 0 bridgehead atoms. The highest BCUT2D eigenvalue weighted by Crippen LogP contribution is 2.30. The molecule has 0 aliphatic heterocycles. The van der Waals surface area contributed by atoms with Gasteiger partial charge in [-0.05, 0) is 50.2 Å². The van der Waals surface area contributed by atoms with Gasteiger partial charge in [0.1, 0.15) is 5.78 Å². The number of ketones is 1. The second-order valence-electron chi connectivity index (χ2n) is 6.59. The van der Waals surface area contributed by atoms with Crippen molar-refractivity contribution in [1.29, 1.82) is 0 Å². The van der Waals surface area contributed by atoms with Crippen molar-refractivity contribution in [3.8, 4) is 0 Å². The molecule has 23 heavy (non-hydrogen) atoms. The maximum Gasteiger partial charge on any atom is 0.226 e. The van der Waals surface area contributed by atoms with E-state index in [1.54, 1.807) is 6.20 Å². The van der Waals surface area contributed by atoms with Gasteiger partial charge in [-0.3, -0.25) is 14.6 Å². The van der Waals surface area contributed by atoms with Crippen LogP contribution >= 0.6 is 0 Å². The van der Waals surface area contributed by atoms with Crippen LogP contribution in [-0.2, 0) is 16.0 Å². The fourth-order valence-corrected chi connectivity index (χ4v) is 3.23. The van der Waals surface area contributed by atoms with Crippen molar-refractivity contribution < 1.29 is 9.59 Å². The molecule has 1 saturated carbocycles. The van der Waals surface area contributed by atoms with Gasteiger partial charge in [-0.1, -0.05) is 19.4 Å². The molecule has 1 N–H and O–H groups in total. The molecule has 2 rings (SSSR count). The number of Topliss-reactive ketones (excluding diaryl/α,β-unsaturated/α-hetero) is 1. The SMILES string of the molecule is CCCCC(=O)C1CCC(CNC(=O)Cc2ccccn2)CC1. The Hall–Kier alpha value is -1.71. The summed E-state index contributed by atoms with van der Waals surface area (Å²) in [6.07, 6.45) is 8.97. The summed E-state index contributed by atoms with van der Waals surface area (Å²) in [7, 11) is 0. The molecule has 1 aromatic heterocycles. The van der Waals surface area contributed by atoms with Crippen molar-refractivity contribution in [2.45, 2.75) is 58.3 Å². The van der Waals surface area contributed by atoms with Gasteiger partial charge in [-0.15, -0.1) is 0 Å². The van der Waals surface area contributed by atoms with E-state index in [1.807, 2.05) is 18.2 Å². The van der Waals surface area contributed by atoms with Crippen LogP contribution in [0, 0.1) is 11.8 Å². The molecule has 0 aromatic carbocycles. The number of nitrogens with zero attached hydrogens (tertiary/aromatic N) is 1. The zero-order valence-electron chi connectivity index (χ0n) is 14.1. The lowest BCUT2D eigenvalue weighted by atomic mass is 9.79. The number of hydrogen-bond acceptors (Lipinski definition) is 3. The summed E-state index contributed by atoms with van der Waals surface area (Å²) in [6, 6.07) is 5.61. The summed E-state index contributed by atoms with van der Waals surface area (Å²) in [5.74, 6) is 1.26. The summed E-state index contributed by atoms with van der Waals surface area (Å²) in [5.41, 5.74) is 0.801. The summed E-state index contributed by atoms with van der Waals surface area (Å²) in [5, 5.41) is 3.02. The Bertz CT molecular complexity index is 493. The van der Waals surface area contributed by atoms with Crippen molar-refractivity contribution >= 4 is 11.7 Å². The van der Waals surface area contributed by atoms with Crippen LogP contribution < -0.4 is 5.32 Å². The molecule has 1 heterocycles. The minimum Gasteiger partial charge on any atom is -0.355 e. The van der Waals surface area contributed by atoms with E-state index in [9.17, 15) is 9.59 Å². The summed E-state index contributed by atoms with van der Waals surface area (Å²) in [6.45, 7) is 2.85. The number of aromatic nitrogens is 1. The summed E-state index contributed by atoms with van der Waals surface area (Å²) in [4.78, 5) is 28.2. The van der Waals surface area contributed by atoms with Crippen molar-refractivity contribution in [1.82, 2.24) is 10.3 Å². The molecule has 4 heteroatoms. The van der Waals surface area contributed by atoms with E-state index >= 15 is 0 Å². The summed E-state index contributed by atoms with van der Waals surface area (Å²) < 4.78 is 0. The Morgan fingerprint density at radius 3 is 2.65 bits per heavy atom. The van der Waals surface area contributed by atoms with E-state index in [1.165, 1.54) is 0 Å². The first kappa shape index (κ1) is 17.6. The molecular formula is C19H28N2O2. The maximum absolute atomic E-state index is 12.1. The molecule has 0 spiro atoms. The van der Waals surface area contributed by atoms with Crippen LogP contribution in [0.25, 0.3) is 0 Å². The molecule has 0 atom stereocenters. The van der Waals surface area contributed by atoms with Crippen LogP contribution in [0.15, 0.2) is 24.4 Å². The zero-order chi connectivity index (χ0) is 16.5. The third-order valence-electron chi connectivity index (χ3n) is 4.73. The molecule has 0 unspecified atom stereocenters. The first-order valence-corrected chi connectivity index (χ1v) is 8.88. The first-order chi connectivity index (χ1) is 11.2. The van der Waals surface area contributed by atoms with Gasteiger partial charge < -0.3 is 5.32 Å². The van der Waals surface area contributed by atoms with Gasteiger partial charge in [0, 0.05) is 30.8 Å². The summed E-state index contributed by atoms with van der Waals surface area (Å²) >= 11 is 0. The van der Waals surface area contributed by atoms with Crippen molar-refractivity contribution in [3.05, 3.63) is 30.1 Å². The lowest BCUT2D eigenvalue weighted by Gasteiger charge is -2.27. The average Bonchev–Trinajstić information content (AvgIpc) is 2.59. The van der Waals surface area contributed by atoms with Crippen LogP contribution in [0.2, 0.25) is 0 Å². The van der Waals surface area contributed by atoms with E-state index in [-0.39, 0.29) is 11.8 Å². The molecule has 1 aliphatic rings. The minimum absolute atomic E-state index is 0.0323. The number of rotatable bonds is 8. The van der Waals surface area contributed by atoms with Gasteiger partial charge >= 0.3 is 0 Å². The van der Waals surface area contributed by atoms with Crippen LogP contribution in [-0.4, -0.2) is 23.2 Å². The van der Waals surface area contributed by atoms with Crippen LogP contribution in [0.1, 0.15) is 57.6 Å². The molecule has 1 amide bonds. The number of unbranched alkanes of at least 4 members (excludes halogenated alkanes) is 1. The lowest BCUT2D eigenvalue weighted by molar-refractivity contribution is -0.124. The van der Waals surface area contributed by atoms with E-state index < -0.39 is 0 Å². The Kier molecular flexibility index (Phi) is 7.24. The van der Waals surface area contributed by atoms with E-state index in [4.69, 9.17) is 0 Å².